The van der Waals surface area contributed by atoms with Gasteiger partial charge in [0, 0.05) is 16.3 Å². The van der Waals surface area contributed by atoms with E-state index in [9.17, 15) is 9.59 Å². The molecule has 2 heterocycles. The standard InChI is InChI=1S/C47H34N2O2/c1-29-24-30(2)44(31(3)25-29)49-46(50)40-21-13-23-42(43(40)47(49)51)48-41-22-11-10-18-38(41)39-20-12-19-37(45(39)48)36-27-34(32-14-6-4-7-15-32)26-35(28-36)33-16-8-5-9-17-33/h4-28H,1-3H3. The van der Waals surface area contributed by atoms with Crippen LogP contribution in [0.25, 0.3) is 60.9 Å². The molecule has 1 aliphatic rings. The first-order chi connectivity index (χ1) is 24.9. The number of benzene rings is 7. The second-order valence-electron chi connectivity index (χ2n) is 13.5. The molecule has 0 aliphatic carbocycles. The van der Waals surface area contributed by atoms with Crippen LogP contribution in [0.3, 0.4) is 0 Å². The normalized spacial score (nSPS) is 12.6. The Hall–Kier alpha value is -6.52. The van der Waals surface area contributed by atoms with Gasteiger partial charge >= 0.3 is 0 Å². The summed E-state index contributed by atoms with van der Waals surface area (Å²) in [4.78, 5) is 30.2. The summed E-state index contributed by atoms with van der Waals surface area (Å²) in [5, 5.41) is 2.15. The maximum absolute atomic E-state index is 14.6. The summed E-state index contributed by atoms with van der Waals surface area (Å²) in [7, 11) is 0. The average Bonchev–Trinajstić information content (AvgIpc) is 3.63. The fourth-order valence-electron chi connectivity index (χ4n) is 8.06. The number of amides is 2. The second-order valence-corrected chi connectivity index (χ2v) is 13.5. The highest BCUT2D eigenvalue weighted by Crippen LogP contribution is 2.43. The predicted octanol–water partition coefficient (Wildman–Crippen LogP) is 11.5. The van der Waals surface area contributed by atoms with Gasteiger partial charge in [-0.15, -0.1) is 0 Å². The number of anilines is 1. The van der Waals surface area contributed by atoms with Crippen LogP contribution in [0.1, 0.15) is 37.4 Å². The molecular formula is C47H34N2O2. The molecule has 0 radical (unpaired) electrons. The Kier molecular flexibility index (Phi) is 7.08. The Labute approximate surface area is 296 Å². The number of para-hydroxylation sites is 2. The van der Waals surface area contributed by atoms with Crippen LogP contribution in [0.2, 0.25) is 0 Å². The van der Waals surface area contributed by atoms with E-state index in [0.717, 1.165) is 71.9 Å². The van der Waals surface area contributed by atoms with Crippen molar-refractivity contribution in [2.45, 2.75) is 20.8 Å². The van der Waals surface area contributed by atoms with Gasteiger partial charge in [0.15, 0.2) is 0 Å². The molecule has 4 heteroatoms. The van der Waals surface area contributed by atoms with Gasteiger partial charge in [-0.1, -0.05) is 121 Å². The van der Waals surface area contributed by atoms with Crippen LogP contribution >= 0.6 is 0 Å². The molecule has 244 valence electrons. The van der Waals surface area contributed by atoms with E-state index < -0.39 is 0 Å². The van der Waals surface area contributed by atoms with Crippen molar-refractivity contribution in [2.24, 2.45) is 0 Å². The van der Waals surface area contributed by atoms with Crippen LogP contribution in [0.15, 0.2) is 152 Å². The number of hydrogen-bond acceptors (Lipinski definition) is 2. The van der Waals surface area contributed by atoms with Crippen molar-refractivity contribution in [1.29, 1.82) is 0 Å². The van der Waals surface area contributed by atoms with Crippen molar-refractivity contribution >= 4 is 39.3 Å². The van der Waals surface area contributed by atoms with Crippen molar-refractivity contribution in [3.63, 3.8) is 0 Å². The molecule has 1 aliphatic heterocycles. The van der Waals surface area contributed by atoms with Gasteiger partial charge in [-0.3, -0.25) is 9.59 Å². The van der Waals surface area contributed by atoms with E-state index in [1.54, 1.807) is 6.07 Å². The minimum absolute atomic E-state index is 0.295. The predicted molar refractivity (Wildman–Crippen MR) is 209 cm³/mol. The third-order valence-electron chi connectivity index (χ3n) is 10.1. The van der Waals surface area contributed by atoms with Gasteiger partial charge in [-0.25, -0.2) is 4.90 Å². The summed E-state index contributed by atoms with van der Waals surface area (Å²) in [5.41, 5.74) is 13.6. The minimum Gasteiger partial charge on any atom is -0.308 e. The first-order valence-electron chi connectivity index (χ1n) is 17.3. The summed E-state index contributed by atoms with van der Waals surface area (Å²) in [6, 6.07) is 52.1. The lowest BCUT2D eigenvalue weighted by Gasteiger charge is -2.20. The highest BCUT2D eigenvalue weighted by atomic mass is 16.2. The number of imide groups is 1. The minimum atomic E-state index is -0.304. The highest BCUT2D eigenvalue weighted by Gasteiger charge is 2.40. The van der Waals surface area contributed by atoms with Gasteiger partial charge < -0.3 is 4.57 Å². The van der Waals surface area contributed by atoms with Crippen molar-refractivity contribution in [3.05, 3.63) is 179 Å². The number of aromatic nitrogens is 1. The van der Waals surface area contributed by atoms with E-state index in [-0.39, 0.29) is 11.8 Å². The molecule has 4 nitrogen and oxygen atoms in total. The third-order valence-corrected chi connectivity index (χ3v) is 10.1. The maximum Gasteiger partial charge on any atom is 0.268 e. The van der Waals surface area contributed by atoms with Crippen molar-refractivity contribution in [1.82, 2.24) is 4.57 Å². The molecule has 7 aromatic carbocycles. The lowest BCUT2D eigenvalue weighted by atomic mass is 9.92. The molecule has 0 bridgehead atoms. The van der Waals surface area contributed by atoms with E-state index in [2.05, 4.69) is 108 Å². The SMILES string of the molecule is Cc1cc(C)c(N2C(=O)c3cccc(-n4c5ccccc5c5cccc(-c6cc(-c7ccccc7)cc(-c7ccccc7)c6)c54)c3C2=O)c(C)c1. The molecule has 0 N–H and O–H groups in total. The monoisotopic (exact) mass is 658 g/mol. The molecule has 8 aromatic rings. The lowest BCUT2D eigenvalue weighted by molar-refractivity contribution is 0.0925. The Balaban J connectivity index is 1.33. The molecule has 2 amide bonds. The summed E-state index contributed by atoms with van der Waals surface area (Å²) in [5.74, 6) is -0.600. The fraction of sp³-hybridized carbons (Fsp3) is 0.0638. The van der Waals surface area contributed by atoms with Gasteiger partial charge in [0.05, 0.1) is 33.5 Å². The average molecular weight is 659 g/mol. The van der Waals surface area contributed by atoms with Crippen molar-refractivity contribution in [2.75, 3.05) is 4.90 Å². The van der Waals surface area contributed by atoms with Crippen molar-refractivity contribution in [3.8, 4) is 39.1 Å². The van der Waals surface area contributed by atoms with E-state index in [0.29, 0.717) is 22.5 Å². The van der Waals surface area contributed by atoms with Crippen LogP contribution < -0.4 is 4.90 Å². The van der Waals surface area contributed by atoms with Crippen molar-refractivity contribution < 1.29 is 9.59 Å². The van der Waals surface area contributed by atoms with E-state index >= 15 is 0 Å². The van der Waals surface area contributed by atoms with Crippen LogP contribution in [-0.4, -0.2) is 16.4 Å². The Bertz CT molecular complexity index is 2620. The Morgan fingerprint density at radius 1 is 0.451 bits per heavy atom. The summed E-state index contributed by atoms with van der Waals surface area (Å²) in [6.07, 6.45) is 0. The van der Waals surface area contributed by atoms with Crippen LogP contribution in [0.5, 0.6) is 0 Å². The molecule has 0 fully saturated rings. The summed E-state index contributed by atoms with van der Waals surface area (Å²) >= 11 is 0. The zero-order valence-electron chi connectivity index (χ0n) is 28.6. The number of fused-ring (bicyclic) bond motifs is 4. The molecule has 0 saturated carbocycles. The number of hydrogen-bond donors (Lipinski definition) is 0. The molecule has 0 unspecified atom stereocenters. The molecule has 51 heavy (non-hydrogen) atoms. The number of nitrogens with zero attached hydrogens (tertiary/aromatic N) is 2. The van der Waals surface area contributed by atoms with Gasteiger partial charge in [0.2, 0.25) is 0 Å². The second kappa shape index (κ2) is 11.8. The number of carbonyl (C=O) groups excluding carboxylic acids is 2. The summed E-state index contributed by atoms with van der Waals surface area (Å²) in [6.45, 7) is 5.96. The van der Waals surface area contributed by atoms with E-state index in [1.807, 2.05) is 63.2 Å². The van der Waals surface area contributed by atoms with E-state index in [4.69, 9.17) is 0 Å². The maximum atomic E-state index is 14.6. The number of rotatable bonds is 5. The smallest absolute Gasteiger partial charge is 0.268 e. The fourth-order valence-corrected chi connectivity index (χ4v) is 8.06. The zero-order valence-corrected chi connectivity index (χ0v) is 28.6. The third kappa shape index (κ3) is 4.83. The molecule has 0 spiro atoms. The van der Waals surface area contributed by atoms with Gasteiger partial charge in [-0.05, 0) is 96.1 Å². The topological polar surface area (TPSA) is 42.3 Å². The van der Waals surface area contributed by atoms with Gasteiger partial charge in [0.25, 0.3) is 11.8 Å². The molecule has 0 saturated heterocycles. The number of carbonyl (C=O) groups is 2. The van der Waals surface area contributed by atoms with Crippen LogP contribution in [-0.2, 0) is 0 Å². The zero-order chi connectivity index (χ0) is 34.8. The largest absolute Gasteiger partial charge is 0.308 e. The van der Waals surface area contributed by atoms with Gasteiger partial charge in [-0.2, -0.15) is 0 Å². The quantitative estimate of drug-likeness (QED) is 0.173. The first-order valence-corrected chi connectivity index (χ1v) is 17.3. The number of aryl methyl sites for hydroxylation is 3. The molecule has 9 rings (SSSR count). The van der Waals surface area contributed by atoms with E-state index in [1.165, 1.54) is 4.90 Å². The van der Waals surface area contributed by atoms with Crippen LogP contribution in [0.4, 0.5) is 5.69 Å². The first kappa shape index (κ1) is 30.5. The Morgan fingerprint density at radius 3 is 1.67 bits per heavy atom. The molecule has 0 atom stereocenters. The highest BCUT2D eigenvalue weighted by molar-refractivity contribution is 6.36. The Morgan fingerprint density at radius 2 is 1.00 bits per heavy atom. The van der Waals surface area contributed by atoms with Crippen LogP contribution in [0, 0.1) is 20.8 Å². The lowest BCUT2D eigenvalue weighted by Crippen LogP contribution is -2.31. The summed E-state index contributed by atoms with van der Waals surface area (Å²) < 4.78 is 2.19. The van der Waals surface area contributed by atoms with Gasteiger partial charge in [0.1, 0.15) is 0 Å². The molecule has 1 aromatic heterocycles. The molecular weight excluding hydrogens is 625 g/mol.